The smallest absolute Gasteiger partial charge is 0.254 e. The summed E-state index contributed by atoms with van der Waals surface area (Å²) in [6.07, 6.45) is -1.68. The van der Waals surface area contributed by atoms with Gasteiger partial charge in [-0.2, -0.15) is 0 Å². The topological polar surface area (TPSA) is 56.1 Å². The Kier molecular flexibility index (Phi) is 4.79. The van der Waals surface area contributed by atoms with E-state index < -0.39 is 37.3 Å². The Morgan fingerprint density at radius 3 is 2.71 bits per heavy atom. The molecule has 180 valence electrons. The zero-order chi connectivity index (χ0) is 31.0. The number of nitrogens with zero attached hydrogens (tertiary/aromatic N) is 2. The number of rotatable bonds is 8. The van der Waals surface area contributed by atoms with Crippen molar-refractivity contribution in [3.63, 3.8) is 0 Å². The van der Waals surface area contributed by atoms with Gasteiger partial charge in [0.15, 0.2) is 11.6 Å². The maximum Gasteiger partial charge on any atom is 0.254 e. The molecule has 0 saturated carbocycles. The molecule has 4 aromatic rings. The average molecular weight is 483 g/mol. The van der Waals surface area contributed by atoms with Gasteiger partial charge in [0.1, 0.15) is 5.75 Å². The summed E-state index contributed by atoms with van der Waals surface area (Å²) >= 11 is 0. The van der Waals surface area contributed by atoms with Crippen LogP contribution in [0.25, 0.3) is 16.5 Å². The summed E-state index contributed by atoms with van der Waals surface area (Å²) in [6.45, 7) is -0.900. The van der Waals surface area contributed by atoms with Crippen molar-refractivity contribution in [1.29, 1.82) is 0 Å². The normalized spacial score (nSPS) is 15.1. The molecular formula is C28H27F2N3O2. The minimum Gasteiger partial charge on any atom is -0.491 e. The van der Waals surface area contributed by atoms with Crippen LogP contribution >= 0.6 is 0 Å². The fraction of sp³-hybridized carbons (Fsp3) is 0.214. The number of pyridine rings is 1. The molecule has 7 heteroatoms. The number of allylic oxidation sites excluding steroid dienone is 1. The Balaban J connectivity index is 1.85. The highest BCUT2D eigenvalue weighted by Gasteiger charge is 2.24. The quantitative estimate of drug-likeness (QED) is 0.330. The molecule has 0 aliphatic heterocycles. The van der Waals surface area contributed by atoms with Gasteiger partial charge >= 0.3 is 0 Å². The summed E-state index contributed by atoms with van der Waals surface area (Å²) in [5.41, 5.74) is 2.37. The van der Waals surface area contributed by atoms with Gasteiger partial charge < -0.3 is 14.6 Å². The Morgan fingerprint density at radius 1 is 1.20 bits per heavy atom. The number of halogens is 2. The first-order valence-corrected chi connectivity index (χ1v) is 10.7. The van der Waals surface area contributed by atoms with Crippen LogP contribution in [0.15, 0.2) is 67.4 Å². The van der Waals surface area contributed by atoms with Crippen LogP contribution in [0.4, 0.5) is 8.78 Å². The van der Waals surface area contributed by atoms with Gasteiger partial charge in [-0.1, -0.05) is 18.7 Å². The SMILES string of the molecule is [2H]C([2H])([2H])C([2H])(Oc1ccc2c(C(=O)NCc3ccc(F)c(F)c3)c(C(=C)C)n(Cc3ccccn3)c2c1)C([2H])([2H])[2H]. The Morgan fingerprint density at radius 2 is 2.03 bits per heavy atom. The molecule has 5 nitrogen and oxygen atoms in total. The summed E-state index contributed by atoms with van der Waals surface area (Å²) in [6, 6.07) is 12.6. The molecule has 0 aliphatic carbocycles. The summed E-state index contributed by atoms with van der Waals surface area (Å²) in [5.74, 6) is -2.84. The van der Waals surface area contributed by atoms with Crippen LogP contribution < -0.4 is 10.1 Å². The molecule has 1 N–H and O–H groups in total. The highest BCUT2D eigenvalue weighted by molar-refractivity contribution is 6.11. The van der Waals surface area contributed by atoms with Gasteiger partial charge in [0, 0.05) is 32.4 Å². The van der Waals surface area contributed by atoms with Crippen LogP contribution in [0.3, 0.4) is 0 Å². The maximum atomic E-state index is 13.7. The highest BCUT2D eigenvalue weighted by atomic mass is 19.2. The van der Waals surface area contributed by atoms with Gasteiger partial charge in [0.05, 0.1) is 36.5 Å². The molecule has 2 heterocycles. The summed E-state index contributed by atoms with van der Waals surface area (Å²) in [5, 5.41) is 3.10. The van der Waals surface area contributed by atoms with Crippen molar-refractivity contribution >= 4 is 22.4 Å². The lowest BCUT2D eigenvalue weighted by molar-refractivity contribution is 0.0952. The molecule has 35 heavy (non-hydrogen) atoms. The Bertz CT molecular complexity index is 1640. The fourth-order valence-corrected chi connectivity index (χ4v) is 3.92. The van der Waals surface area contributed by atoms with E-state index >= 15 is 0 Å². The van der Waals surface area contributed by atoms with Gasteiger partial charge in [0.25, 0.3) is 5.91 Å². The molecule has 1 amide bonds. The lowest BCUT2D eigenvalue weighted by Gasteiger charge is -2.13. The second-order valence-corrected chi connectivity index (χ2v) is 7.95. The van der Waals surface area contributed by atoms with E-state index in [9.17, 15) is 13.6 Å². The van der Waals surface area contributed by atoms with E-state index in [0.29, 0.717) is 33.4 Å². The number of aromatic nitrogens is 2. The summed E-state index contributed by atoms with van der Waals surface area (Å²) < 4.78 is 88.5. The molecule has 0 unspecified atom stereocenters. The van der Waals surface area contributed by atoms with Crippen molar-refractivity contribution in [1.82, 2.24) is 14.9 Å². The molecule has 2 aromatic heterocycles. The van der Waals surface area contributed by atoms with E-state index in [1.54, 1.807) is 35.9 Å². The first-order chi connectivity index (χ1) is 19.5. The number of nitrogens with one attached hydrogen (secondary N) is 1. The average Bonchev–Trinajstić information content (AvgIpc) is 3.22. The second kappa shape index (κ2) is 10.1. The molecule has 0 saturated heterocycles. The fourth-order valence-electron chi connectivity index (χ4n) is 3.92. The van der Waals surface area contributed by atoms with Gasteiger partial charge in [-0.3, -0.25) is 9.78 Å². The third-order valence-electron chi connectivity index (χ3n) is 5.37. The minimum absolute atomic E-state index is 0.113. The number of benzene rings is 2. The predicted molar refractivity (Wildman–Crippen MR) is 133 cm³/mol. The lowest BCUT2D eigenvalue weighted by atomic mass is 10.1. The van der Waals surface area contributed by atoms with Crippen molar-refractivity contribution in [2.45, 2.75) is 39.8 Å². The van der Waals surface area contributed by atoms with Crippen LogP contribution in [0.2, 0.25) is 0 Å². The first-order valence-electron chi connectivity index (χ1n) is 14.2. The zero-order valence-electron chi connectivity index (χ0n) is 25.9. The molecule has 0 radical (unpaired) electrons. The van der Waals surface area contributed by atoms with Crippen LogP contribution in [-0.4, -0.2) is 21.5 Å². The van der Waals surface area contributed by atoms with Gasteiger partial charge in [0.2, 0.25) is 0 Å². The zero-order valence-corrected chi connectivity index (χ0v) is 18.9. The van der Waals surface area contributed by atoms with Gasteiger partial charge in [-0.15, -0.1) is 0 Å². The van der Waals surface area contributed by atoms with E-state index in [2.05, 4.69) is 16.9 Å². The van der Waals surface area contributed by atoms with E-state index in [1.807, 2.05) is 0 Å². The molecule has 4 rings (SSSR count). The largest absolute Gasteiger partial charge is 0.491 e. The molecule has 0 aliphatic rings. The van der Waals surface area contributed by atoms with Crippen molar-refractivity contribution in [3.05, 3.63) is 102 Å². The highest BCUT2D eigenvalue weighted by Crippen LogP contribution is 2.34. The number of carbonyl (C=O) groups excluding carboxylic acids is 1. The lowest BCUT2D eigenvalue weighted by Crippen LogP contribution is -2.24. The Labute approximate surface area is 212 Å². The van der Waals surface area contributed by atoms with Crippen LogP contribution in [0, 0.1) is 11.6 Å². The predicted octanol–water partition coefficient (Wildman–Crippen LogP) is 6.11. The number of amides is 1. The first kappa shape index (κ1) is 16.6. The van der Waals surface area contributed by atoms with E-state index in [0.717, 1.165) is 12.1 Å². The number of hydrogen-bond acceptors (Lipinski definition) is 3. The molecule has 0 bridgehead atoms. The van der Waals surface area contributed by atoms with Gasteiger partial charge in [-0.25, -0.2) is 8.78 Å². The standard InChI is InChI=1S/C28H27F2N3O2/c1-17(2)27-26(28(34)32-15-19-8-11-23(29)24(30)13-19)22-10-9-21(35-18(3)4)14-25(22)33(27)16-20-7-5-6-12-31-20/h5-14,18H,1,15-16H2,2-4H3,(H,32,34)/i3D3,4D3,18D. The third-order valence-corrected chi connectivity index (χ3v) is 5.37. The molecule has 0 atom stereocenters. The minimum atomic E-state index is -3.32. The van der Waals surface area contributed by atoms with E-state index in [4.69, 9.17) is 14.3 Å². The summed E-state index contributed by atoms with van der Waals surface area (Å²) in [4.78, 5) is 17.9. The van der Waals surface area contributed by atoms with Gasteiger partial charge in [-0.05, 0) is 68.2 Å². The number of hydrogen-bond donors (Lipinski definition) is 1. The summed E-state index contributed by atoms with van der Waals surface area (Å²) in [7, 11) is 0. The number of ether oxygens (including phenoxy) is 1. The van der Waals surface area contributed by atoms with Crippen molar-refractivity contribution in [2.75, 3.05) is 0 Å². The monoisotopic (exact) mass is 482 g/mol. The molecule has 0 spiro atoms. The van der Waals surface area contributed by atoms with E-state index in [-0.39, 0.29) is 24.4 Å². The van der Waals surface area contributed by atoms with Crippen molar-refractivity contribution < 1.29 is 27.9 Å². The van der Waals surface area contributed by atoms with Crippen molar-refractivity contribution in [3.8, 4) is 5.75 Å². The third kappa shape index (κ3) is 5.24. The molecule has 2 aromatic carbocycles. The van der Waals surface area contributed by atoms with Crippen LogP contribution in [0.1, 0.15) is 57.5 Å². The maximum absolute atomic E-state index is 13.7. The second-order valence-electron chi connectivity index (χ2n) is 7.95. The number of fused-ring (bicyclic) bond motifs is 1. The van der Waals surface area contributed by atoms with Crippen LogP contribution in [0.5, 0.6) is 5.75 Å². The molecule has 0 fully saturated rings. The van der Waals surface area contributed by atoms with Crippen molar-refractivity contribution in [2.24, 2.45) is 0 Å². The van der Waals surface area contributed by atoms with E-state index in [1.165, 1.54) is 24.3 Å². The number of carbonyl (C=O) groups is 1. The molecular weight excluding hydrogens is 448 g/mol. The van der Waals surface area contributed by atoms with Crippen LogP contribution in [-0.2, 0) is 13.1 Å². The Hall–Kier alpha value is -4.00.